The van der Waals surface area contributed by atoms with E-state index in [9.17, 15) is 0 Å². The molecule has 4 heteroatoms. The standard InChI is InChI=1S/C14H24N2S2/c1-4-6-15-13(11-5-7-17-8-11)14-16-12(9-18-14)10(2)3/h9-11,13,15H,4-8H2,1-3H3. The molecular weight excluding hydrogens is 260 g/mol. The second-order valence-electron chi connectivity index (χ2n) is 5.32. The molecule has 1 aliphatic heterocycles. The summed E-state index contributed by atoms with van der Waals surface area (Å²) in [6.07, 6.45) is 2.53. The third-order valence-electron chi connectivity index (χ3n) is 3.45. The highest BCUT2D eigenvalue weighted by Crippen LogP contribution is 2.36. The summed E-state index contributed by atoms with van der Waals surface area (Å²) in [6, 6.07) is 0.484. The number of thioether (sulfide) groups is 1. The van der Waals surface area contributed by atoms with Crippen LogP contribution in [0.2, 0.25) is 0 Å². The Morgan fingerprint density at radius 2 is 2.33 bits per heavy atom. The highest BCUT2D eigenvalue weighted by atomic mass is 32.2. The van der Waals surface area contributed by atoms with Crippen molar-refractivity contribution in [3.8, 4) is 0 Å². The lowest BCUT2D eigenvalue weighted by Gasteiger charge is -2.22. The molecule has 1 saturated heterocycles. The van der Waals surface area contributed by atoms with Gasteiger partial charge < -0.3 is 5.32 Å². The van der Waals surface area contributed by atoms with E-state index in [4.69, 9.17) is 4.98 Å². The van der Waals surface area contributed by atoms with Crippen LogP contribution in [0.15, 0.2) is 5.38 Å². The molecule has 0 bridgehead atoms. The predicted molar refractivity (Wildman–Crippen MR) is 82.7 cm³/mol. The average Bonchev–Trinajstić information content (AvgIpc) is 3.00. The van der Waals surface area contributed by atoms with Crippen molar-refractivity contribution in [2.45, 2.75) is 45.6 Å². The second kappa shape index (κ2) is 6.92. The van der Waals surface area contributed by atoms with E-state index in [2.05, 4.69) is 43.2 Å². The van der Waals surface area contributed by atoms with Crippen molar-refractivity contribution in [1.29, 1.82) is 0 Å². The van der Waals surface area contributed by atoms with Crippen LogP contribution in [0.25, 0.3) is 0 Å². The minimum Gasteiger partial charge on any atom is -0.308 e. The van der Waals surface area contributed by atoms with Crippen molar-refractivity contribution < 1.29 is 0 Å². The molecule has 1 fully saturated rings. The fourth-order valence-electron chi connectivity index (χ4n) is 2.28. The number of nitrogens with one attached hydrogen (secondary N) is 1. The Hall–Kier alpha value is -0.0600. The summed E-state index contributed by atoms with van der Waals surface area (Å²) in [6.45, 7) is 7.77. The van der Waals surface area contributed by atoms with Crippen molar-refractivity contribution in [2.24, 2.45) is 5.92 Å². The Kier molecular flexibility index (Phi) is 5.52. The number of aromatic nitrogens is 1. The minimum atomic E-state index is 0.484. The zero-order chi connectivity index (χ0) is 13.0. The normalized spacial score (nSPS) is 21.7. The topological polar surface area (TPSA) is 24.9 Å². The average molecular weight is 284 g/mol. The van der Waals surface area contributed by atoms with Crippen LogP contribution >= 0.6 is 23.1 Å². The van der Waals surface area contributed by atoms with Crippen molar-refractivity contribution in [3.05, 3.63) is 16.1 Å². The summed E-state index contributed by atoms with van der Waals surface area (Å²) in [7, 11) is 0. The van der Waals surface area contributed by atoms with Gasteiger partial charge in [0.25, 0.3) is 0 Å². The van der Waals surface area contributed by atoms with Gasteiger partial charge in [-0.25, -0.2) is 4.98 Å². The van der Waals surface area contributed by atoms with Crippen LogP contribution in [0, 0.1) is 5.92 Å². The second-order valence-corrected chi connectivity index (χ2v) is 7.36. The van der Waals surface area contributed by atoms with E-state index in [1.54, 1.807) is 0 Å². The van der Waals surface area contributed by atoms with Gasteiger partial charge in [0.05, 0.1) is 11.7 Å². The van der Waals surface area contributed by atoms with Gasteiger partial charge in [0.15, 0.2) is 0 Å². The fraction of sp³-hybridized carbons (Fsp3) is 0.786. The number of rotatable bonds is 6. The van der Waals surface area contributed by atoms with Gasteiger partial charge in [-0.15, -0.1) is 11.3 Å². The Labute approximate surface area is 119 Å². The summed E-state index contributed by atoms with van der Waals surface area (Å²) < 4.78 is 0. The highest BCUT2D eigenvalue weighted by molar-refractivity contribution is 7.99. The Morgan fingerprint density at radius 3 is 2.89 bits per heavy atom. The summed E-state index contributed by atoms with van der Waals surface area (Å²) in [5.41, 5.74) is 1.25. The molecule has 18 heavy (non-hydrogen) atoms. The first-order chi connectivity index (χ1) is 8.72. The maximum Gasteiger partial charge on any atom is 0.110 e. The third kappa shape index (κ3) is 3.49. The first-order valence-corrected chi connectivity index (χ1v) is 9.02. The first-order valence-electron chi connectivity index (χ1n) is 6.98. The third-order valence-corrected chi connectivity index (χ3v) is 5.58. The van der Waals surface area contributed by atoms with Gasteiger partial charge in [0.1, 0.15) is 5.01 Å². The molecule has 1 N–H and O–H groups in total. The molecule has 0 aliphatic carbocycles. The zero-order valence-electron chi connectivity index (χ0n) is 11.6. The molecule has 2 unspecified atom stereocenters. The van der Waals surface area contributed by atoms with E-state index in [1.165, 1.54) is 35.0 Å². The molecule has 0 saturated carbocycles. The monoisotopic (exact) mass is 284 g/mol. The summed E-state index contributed by atoms with van der Waals surface area (Å²) in [5.74, 6) is 3.92. The SMILES string of the molecule is CCCNC(c1nc(C(C)C)cs1)C1CCSC1. The Bertz CT molecular complexity index is 356. The van der Waals surface area contributed by atoms with Crippen LogP contribution < -0.4 is 5.32 Å². The zero-order valence-corrected chi connectivity index (χ0v) is 13.2. The lowest BCUT2D eigenvalue weighted by molar-refractivity contribution is 0.392. The number of nitrogens with zero attached hydrogens (tertiary/aromatic N) is 1. The summed E-state index contributed by atoms with van der Waals surface area (Å²) >= 11 is 3.93. The molecule has 0 amide bonds. The molecule has 0 aromatic carbocycles. The molecule has 2 nitrogen and oxygen atoms in total. The largest absolute Gasteiger partial charge is 0.308 e. The molecule has 2 heterocycles. The molecule has 102 valence electrons. The summed E-state index contributed by atoms with van der Waals surface area (Å²) in [5, 5.41) is 7.26. The van der Waals surface area contributed by atoms with Crippen LogP contribution in [0.3, 0.4) is 0 Å². The van der Waals surface area contributed by atoms with Crippen LogP contribution in [-0.4, -0.2) is 23.0 Å². The first kappa shape index (κ1) is 14.4. The molecule has 1 aromatic rings. The van der Waals surface area contributed by atoms with E-state index in [0.717, 1.165) is 12.5 Å². The Morgan fingerprint density at radius 1 is 1.50 bits per heavy atom. The van der Waals surface area contributed by atoms with E-state index in [1.807, 2.05) is 11.3 Å². The number of hydrogen-bond acceptors (Lipinski definition) is 4. The van der Waals surface area contributed by atoms with Gasteiger partial charge in [-0.2, -0.15) is 11.8 Å². The lowest BCUT2D eigenvalue weighted by atomic mass is 9.99. The van der Waals surface area contributed by atoms with Crippen molar-refractivity contribution >= 4 is 23.1 Å². The van der Waals surface area contributed by atoms with E-state index in [-0.39, 0.29) is 0 Å². The van der Waals surface area contributed by atoms with Crippen molar-refractivity contribution in [3.63, 3.8) is 0 Å². The molecular formula is C14H24N2S2. The lowest BCUT2D eigenvalue weighted by Crippen LogP contribution is -2.29. The molecule has 1 aliphatic rings. The van der Waals surface area contributed by atoms with E-state index >= 15 is 0 Å². The van der Waals surface area contributed by atoms with Gasteiger partial charge in [-0.05, 0) is 42.7 Å². The van der Waals surface area contributed by atoms with Gasteiger partial charge in [0, 0.05) is 5.38 Å². The van der Waals surface area contributed by atoms with Gasteiger partial charge in [-0.1, -0.05) is 20.8 Å². The van der Waals surface area contributed by atoms with Crippen molar-refractivity contribution in [1.82, 2.24) is 10.3 Å². The molecule has 2 rings (SSSR count). The highest BCUT2D eigenvalue weighted by Gasteiger charge is 2.28. The Balaban J connectivity index is 2.10. The maximum absolute atomic E-state index is 4.85. The van der Waals surface area contributed by atoms with Crippen LogP contribution in [0.4, 0.5) is 0 Å². The molecule has 2 atom stereocenters. The van der Waals surface area contributed by atoms with Gasteiger partial charge in [-0.3, -0.25) is 0 Å². The minimum absolute atomic E-state index is 0.484. The van der Waals surface area contributed by atoms with E-state index in [0.29, 0.717) is 12.0 Å². The van der Waals surface area contributed by atoms with Gasteiger partial charge >= 0.3 is 0 Å². The number of thiazole rings is 1. The molecule has 0 radical (unpaired) electrons. The van der Waals surface area contributed by atoms with Crippen LogP contribution in [-0.2, 0) is 0 Å². The molecule has 0 spiro atoms. The number of hydrogen-bond donors (Lipinski definition) is 1. The van der Waals surface area contributed by atoms with E-state index < -0.39 is 0 Å². The molecule has 1 aromatic heterocycles. The quantitative estimate of drug-likeness (QED) is 0.852. The predicted octanol–water partition coefficient (Wildman–Crippen LogP) is 4.06. The maximum atomic E-state index is 4.85. The summed E-state index contributed by atoms with van der Waals surface area (Å²) in [4.78, 5) is 4.85. The van der Waals surface area contributed by atoms with Crippen LogP contribution in [0.1, 0.15) is 56.3 Å². The smallest absolute Gasteiger partial charge is 0.110 e. The van der Waals surface area contributed by atoms with Gasteiger partial charge in [0.2, 0.25) is 0 Å². The fourth-order valence-corrected chi connectivity index (χ4v) is 4.72. The van der Waals surface area contributed by atoms with Crippen molar-refractivity contribution in [2.75, 3.05) is 18.1 Å². The van der Waals surface area contributed by atoms with Crippen LogP contribution in [0.5, 0.6) is 0 Å².